The van der Waals surface area contributed by atoms with Crippen LogP contribution < -0.4 is 5.73 Å². The third kappa shape index (κ3) is 5.56. The number of benzene rings is 1. The van der Waals surface area contributed by atoms with Crippen LogP contribution in [0, 0.1) is 11.3 Å². The van der Waals surface area contributed by atoms with Crippen molar-refractivity contribution in [3.63, 3.8) is 0 Å². The topological polar surface area (TPSA) is 127 Å². The average molecular weight is 336 g/mol. The normalized spacial score (nSPS) is 12.0. The molecule has 7 nitrogen and oxygen atoms in total. The lowest BCUT2D eigenvalue weighted by molar-refractivity contribution is -0.146. The van der Waals surface area contributed by atoms with E-state index in [-0.39, 0.29) is 16.2 Å². The number of carbonyl (C=O) groups excluding carboxylic acids is 2. The Bertz CT molecular complexity index is 757. The number of hydrogen-bond donors (Lipinski definition) is 1. The Morgan fingerprint density at radius 3 is 2.39 bits per heavy atom. The Morgan fingerprint density at radius 2 is 1.87 bits per heavy atom. The maximum absolute atomic E-state index is 12.0. The second kappa shape index (κ2) is 8.10. The van der Waals surface area contributed by atoms with Gasteiger partial charge in [0.05, 0.1) is 17.1 Å². The zero-order valence-corrected chi connectivity index (χ0v) is 13.3. The Kier molecular flexibility index (Phi) is 6.48. The molecule has 0 atom stereocenters. The monoisotopic (exact) mass is 336 g/mol. The second-order valence-electron chi connectivity index (χ2n) is 4.64. The van der Waals surface area contributed by atoms with Gasteiger partial charge in [0, 0.05) is 5.70 Å². The molecular weight excluding hydrogens is 320 g/mol. The Hall–Kier alpha value is -2.66. The van der Waals surface area contributed by atoms with Crippen LogP contribution in [0.4, 0.5) is 0 Å². The van der Waals surface area contributed by atoms with Crippen molar-refractivity contribution in [2.75, 3.05) is 12.4 Å². The van der Waals surface area contributed by atoms with Gasteiger partial charge in [-0.3, -0.25) is 9.59 Å². The average Bonchev–Trinajstić information content (AvgIpc) is 2.52. The van der Waals surface area contributed by atoms with Gasteiger partial charge in [-0.05, 0) is 19.1 Å². The lowest BCUT2D eigenvalue weighted by Gasteiger charge is -2.06. The van der Waals surface area contributed by atoms with Crippen LogP contribution in [0.15, 0.2) is 46.5 Å². The molecule has 0 aliphatic heterocycles. The summed E-state index contributed by atoms with van der Waals surface area (Å²) in [6, 6.07) is 9.31. The largest absolute Gasteiger partial charge is 0.457 e. The molecule has 122 valence electrons. The summed E-state index contributed by atoms with van der Waals surface area (Å²) in [5.74, 6) is -2.00. The van der Waals surface area contributed by atoms with Gasteiger partial charge < -0.3 is 10.5 Å². The molecule has 0 bridgehead atoms. The van der Waals surface area contributed by atoms with Gasteiger partial charge in [0.1, 0.15) is 11.6 Å². The number of hydrogen-bond acceptors (Lipinski definition) is 7. The van der Waals surface area contributed by atoms with Gasteiger partial charge in [0.2, 0.25) is 5.78 Å². The van der Waals surface area contributed by atoms with E-state index in [0.29, 0.717) is 0 Å². The van der Waals surface area contributed by atoms with Crippen LogP contribution in [0.5, 0.6) is 0 Å². The molecular formula is C15H16N2O5S. The van der Waals surface area contributed by atoms with Gasteiger partial charge in [-0.15, -0.1) is 0 Å². The number of carbonyl (C=O) groups is 2. The molecule has 23 heavy (non-hydrogen) atoms. The number of allylic oxidation sites excluding steroid dienone is 1. The number of nitriles is 1. The fourth-order valence-electron chi connectivity index (χ4n) is 1.62. The van der Waals surface area contributed by atoms with Gasteiger partial charge in [0.15, 0.2) is 16.4 Å². The minimum atomic E-state index is -3.60. The summed E-state index contributed by atoms with van der Waals surface area (Å²) < 4.78 is 28.6. The summed E-state index contributed by atoms with van der Waals surface area (Å²) in [5, 5.41) is 8.74. The van der Waals surface area contributed by atoms with Crippen LogP contribution in [0.3, 0.4) is 0 Å². The molecule has 1 aromatic carbocycles. The highest BCUT2D eigenvalue weighted by Crippen LogP contribution is 2.11. The third-order valence-electron chi connectivity index (χ3n) is 2.83. The molecule has 0 radical (unpaired) electrons. The molecule has 0 heterocycles. The summed E-state index contributed by atoms with van der Waals surface area (Å²) >= 11 is 0. The number of rotatable bonds is 7. The first kappa shape index (κ1) is 18.4. The molecule has 8 heteroatoms. The zero-order chi connectivity index (χ0) is 17.5. The van der Waals surface area contributed by atoms with E-state index in [2.05, 4.69) is 4.74 Å². The van der Waals surface area contributed by atoms with E-state index in [1.165, 1.54) is 19.1 Å². The number of esters is 1. The Morgan fingerprint density at radius 1 is 1.26 bits per heavy atom. The number of ketones is 1. The van der Waals surface area contributed by atoms with E-state index in [4.69, 9.17) is 11.0 Å². The van der Waals surface area contributed by atoms with Crippen molar-refractivity contribution >= 4 is 21.6 Å². The van der Waals surface area contributed by atoms with E-state index in [0.717, 1.165) is 0 Å². The van der Waals surface area contributed by atoms with Gasteiger partial charge >= 0.3 is 5.97 Å². The van der Waals surface area contributed by atoms with Crippen LogP contribution in [-0.2, 0) is 24.2 Å². The quantitative estimate of drug-likeness (QED) is 0.441. The van der Waals surface area contributed by atoms with Crippen LogP contribution >= 0.6 is 0 Å². The van der Waals surface area contributed by atoms with Crippen molar-refractivity contribution in [2.24, 2.45) is 5.73 Å². The van der Waals surface area contributed by atoms with Crippen LogP contribution in [0.2, 0.25) is 0 Å². The molecule has 0 saturated carbocycles. The van der Waals surface area contributed by atoms with Crippen molar-refractivity contribution in [2.45, 2.75) is 18.2 Å². The van der Waals surface area contributed by atoms with Gasteiger partial charge in [-0.25, -0.2) is 8.42 Å². The van der Waals surface area contributed by atoms with Crippen molar-refractivity contribution in [3.8, 4) is 6.07 Å². The number of Topliss-reactive ketones (excluding diaryl/α,β-unsaturated/α-hetero) is 1. The SMILES string of the molecule is C/C(N)=C(/C#N)C(=O)COC(=O)CCS(=O)(=O)c1ccccc1. The molecule has 0 spiro atoms. The number of sulfone groups is 1. The first-order valence-corrected chi connectivity index (χ1v) is 8.26. The third-order valence-corrected chi connectivity index (χ3v) is 4.56. The summed E-state index contributed by atoms with van der Waals surface area (Å²) in [4.78, 5) is 23.2. The maximum atomic E-state index is 12.0. The van der Waals surface area contributed by atoms with Crippen molar-refractivity contribution in [1.29, 1.82) is 5.26 Å². The smallest absolute Gasteiger partial charge is 0.307 e. The van der Waals surface area contributed by atoms with E-state index in [1.807, 2.05) is 0 Å². The van der Waals surface area contributed by atoms with E-state index >= 15 is 0 Å². The standard InChI is InChI=1S/C15H16N2O5S/c1-11(17)13(9-16)14(18)10-22-15(19)7-8-23(20,21)12-5-3-2-4-6-12/h2-6H,7-8,10,17H2,1H3/b13-11+. The highest BCUT2D eigenvalue weighted by Gasteiger charge is 2.18. The molecule has 1 rings (SSSR count). The summed E-state index contributed by atoms with van der Waals surface area (Å²) in [6.45, 7) is 0.729. The highest BCUT2D eigenvalue weighted by molar-refractivity contribution is 7.91. The van der Waals surface area contributed by atoms with Crippen LogP contribution in [0.1, 0.15) is 13.3 Å². The number of ether oxygens (including phenoxy) is 1. The predicted molar refractivity (Wildman–Crippen MR) is 81.6 cm³/mol. The Balaban J connectivity index is 2.55. The molecule has 0 fully saturated rings. The summed E-state index contributed by atoms with van der Waals surface area (Å²) in [7, 11) is -3.60. The van der Waals surface area contributed by atoms with E-state index in [1.54, 1.807) is 24.3 Å². The molecule has 0 saturated heterocycles. The number of nitrogens with zero attached hydrogens (tertiary/aromatic N) is 1. The van der Waals surface area contributed by atoms with Crippen LogP contribution in [-0.4, -0.2) is 32.5 Å². The van der Waals surface area contributed by atoms with Gasteiger partial charge in [0.25, 0.3) is 0 Å². The number of nitrogens with two attached hydrogens (primary N) is 1. The maximum Gasteiger partial charge on any atom is 0.307 e. The molecule has 0 amide bonds. The molecule has 1 aromatic rings. The molecule has 0 unspecified atom stereocenters. The summed E-state index contributed by atoms with van der Waals surface area (Å²) in [6.07, 6.45) is -0.391. The van der Waals surface area contributed by atoms with Crippen LogP contribution in [0.25, 0.3) is 0 Å². The minimum absolute atomic E-state index is 0.0280. The first-order chi connectivity index (χ1) is 10.8. The summed E-state index contributed by atoms with van der Waals surface area (Å²) in [5.41, 5.74) is 5.10. The predicted octanol–water partition coefficient (Wildman–Crippen LogP) is 0.719. The molecule has 0 aliphatic carbocycles. The highest BCUT2D eigenvalue weighted by atomic mass is 32.2. The van der Waals surface area contributed by atoms with Crippen molar-refractivity contribution < 1.29 is 22.7 Å². The fourth-order valence-corrected chi connectivity index (χ4v) is 2.87. The fraction of sp³-hybridized carbons (Fsp3) is 0.267. The van der Waals surface area contributed by atoms with Gasteiger partial charge in [-0.1, -0.05) is 18.2 Å². The molecule has 0 aromatic heterocycles. The van der Waals surface area contributed by atoms with Crippen molar-refractivity contribution in [1.82, 2.24) is 0 Å². The lowest BCUT2D eigenvalue weighted by atomic mass is 10.1. The van der Waals surface area contributed by atoms with Crippen molar-refractivity contribution in [3.05, 3.63) is 41.6 Å². The molecule has 0 aliphatic rings. The van der Waals surface area contributed by atoms with E-state index < -0.39 is 40.4 Å². The minimum Gasteiger partial charge on any atom is -0.457 e. The van der Waals surface area contributed by atoms with E-state index in [9.17, 15) is 18.0 Å². The lowest BCUT2D eigenvalue weighted by Crippen LogP contribution is -2.19. The zero-order valence-electron chi connectivity index (χ0n) is 12.5. The Labute approximate surface area is 134 Å². The first-order valence-electron chi connectivity index (χ1n) is 6.61. The van der Waals surface area contributed by atoms with Gasteiger partial charge in [-0.2, -0.15) is 5.26 Å². The molecule has 2 N–H and O–H groups in total. The second-order valence-corrected chi connectivity index (χ2v) is 6.74.